The average Bonchev–Trinajstić information content (AvgIpc) is 2.88. The van der Waals surface area contributed by atoms with E-state index in [0.717, 1.165) is 38.0 Å². The number of ether oxygens (including phenoxy) is 1. The van der Waals surface area contributed by atoms with Crippen LogP contribution in [0.1, 0.15) is 60.5 Å². The monoisotopic (exact) mass is 499 g/mol. The summed E-state index contributed by atoms with van der Waals surface area (Å²) in [6.45, 7) is 6.94. The average molecular weight is 500 g/mol. The number of hydrogen-bond donors (Lipinski definition) is 1. The highest BCUT2D eigenvalue weighted by Gasteiger charge is 2.26. The molecule has 0 aromatic heterocycles. The van der Waals surface area contributed by atoms with Crippen LogP contribution in [0, 0.1) is 5.92 Å². The summed E-state index contributed by atoms with van der Waals surface area (Å²) < 4.78 is 34.1. The van der Waals surface area contributed by atoms with E-state index in [4.69, 9.17) is 4.74 Å². The van der Waals surface area contributed by atoms with Crippen molar-refractivity contribution in [2.75, 3.05) is 33.3 Å². The fourth-order valence-electron chi connectivity index (χ4n) is 4.80. The van der Waals surface area contributed by atoms with Gasteiger partial charge >= 0.3 is 0 Å². The molecule has 0 radical (unpaired) electrons. The molecule has 2 aliphatic heterocycles. The molecule has 35 heavy (non-hydrogen) atoms. The molecule has 2 aromatic rings. The summed E-state index contributed by atoms with van der Waals surface area (Å²) >= 11 is 0. The number of methoxy groups -OCH3 is 1. The maximum atomic E-state index is 13.1. The van der Waals surface area contributed by atoms with Gasteiger partial charge in [0.15, 0.2) is 0 Å². The van der Waals surface area contributed by atoms with E-state index >= 15 is 0 Å². The zero-order valence-electron chi connectivity index (χ0n) is 20.8. The van der Waals surface area contributed by atoms with Crippen molar-refractivity contribution in [3.05, 3.63) is 59.2 Å². The Balaban J connectivity index is 1.41. The fraction of sp³-hybridized carbons (Fsp3) is 0.519. The third kappa shape index (κ3) is 6.63. The number of carbonyl (C=O) groups is 1. The van der Waals surface area contributed by atoms with Gasteiger partial charge in [-0.15, -0.1) is 0 Å². The first-order valence-corrected chi connectivity index (χ1v) is 14.1. The van der Waals surface area contributed by atoms with E-state index in [-0.39, 0.29) is 22.9 Å². The Labute approximate surface area is 209 Å². The van der Waals surface area contributed by atoms with Crippen LogP contribution in [0.15, 0.2) is 47.4 Å². The van der Waals surface area contributed by atoms with E-state index < -0.39 is 10.0 Å². The molecule has 2 fully saturated rings. The molecule has 8 heteroatoms. The van der Waals surface area contributed by atoms with Gasteiger partial charge in [-0.05, 0) is 74.0 Å². The van der Waals surface area contributed by atoms with Gasteiger partial charge in [-0.1, -0.05) is 37.6 Å². The van der Waals surface area contributed by atoms with Crippen molar-refractivity contribution in [3.8, 4) is 5.75 Å². The third-order valence-electron chi connectivity index (χ3n) is 7.13. The SMILES string of the molecule is COc1ccc(S(=O)(=O)NCc2ccc(CN3CCCCC3)cc2)cc1C(=O)N1CCC(C)CC1. The summed E-state index contributed by atoms with van der Waals surface area (Å²) in [6.07, 6.45) is 5.73. The van der Waals surface area contributed by atoms with E-state index in [0.29, 0.717) is 24.8 Å². The molecule has 4 rings (SSSR count). The quantitative estimate of drug-likeness (QED) is 0.593. The van der Waals surface area contributed by atoms with Gasteiger partial charge in [0.2, 0.25) is 10.0 Å². The van der Waals surface area contributed by atoms with Crippen LogP contribution in [-0.2, 0) is 23.1 Å². The van der Waals surface area contributed by atoms with Crippen LogP contribution >= 0.6 is 0 Å². The summed E-state index contributed by atoms with van der Waals surface area (Å²) in [5, 5.41) is 0. The molecule has 0 atom stereocenters. The van der Waals surface area contributed by atoms with Crippen LogP contribution in [0.25, 0.3) is 0 Å². The van der Waals surface area contributed by atoms with Crippen LogP contribution in [0.3, 0.4) is 0 Å². The molecule has 2 aliphatic rings. The summed E-state index contributed by atoms with van der Waals surface area (Å²) in [5.74, 6) is 0.794. The van der Waals surface area contributed by atoms with E-state index in [1.165, 1.54) is 44.1 Å². The van der Waals surface area contributed by atoms with Crippen molar-refractivity contribution >= 4 is 15.9 Å². The van der Waals surface area contributed by atoms with E-state index in [1.54, 1.807) is 11.0 Å². The lowest BCUT2D eigenvalue weighted by molar-refractivity contribution is 0.0693. The number of amides is 1. The van der Waals surface area contributed by atoms with Gasteiger partial charge in [0, 0.05) is 26.2 Å². The standard InChI is InChI=1S/C27H37N3O4S/c1-21-12-16-30(17-13-21)27(31)25-18-24(10-11-26(25)34-2)35(32,33)28-19-22-6-8-23(9-7-22)20-29-14-4-3-5-15-29/h6-11,18,21,28H,3-5,12-17,19-20H2,1-2H3. The van der Waals surface area contributed by atoms with Crippen LogP contribution in [-0.4, -0.2) is 57.4 Å². The van der Waals surface area contributed by atoms with Gasteiger partial charge in [-0.25, -0.2) is 13.1 Å². The van der Waals surface area contributed by atoms with Crippen molar-refractivity contribution in [3.63, 3.8) is 0 Å². The molecule has 0 spiro atoms. The lowest BCUT2D eigenvalue weighted by Crippen LogP contribution is -2.38. The zero-order valence-corrected chi connectivity index (χ0v) is 21.6. The summed E-state index contributed by atoms with van der Waals surface area (Å²) in [4.78, 5) is 17.5. The Bertz CT molecular complexity index is 1100. The topological polar surface area (TPSA) is 79.0 Å². The number of benzene rings is 2. The number of piperidine rings is 2. The number of sulfonamides is 1. The van der Waals surface area contributed by atoms with Gasteiger partial charge in [-0.3, -0.25) is 9.69 Å². The molecule has 7 nitrogen and oxygen atoms in total. The van der Waals surface area contributed by atoms with Gasteiger partial charge < -0.3 is 9.64 Å². The first-order valence-electron chi connectivity index (χ1n) is 12.6. The zero-order chi connectivity index (χ0) is 24.8. The van der Waals surface area contributed by atoms with E-state index in [9.17, 15) is 13.2 Å². The predicted molar refractivity (Wildman–Crippen MR) is 137 cm³/mol. The van der Waals surface area contributed by atoms with Gasteiger partial charge in [-0.2, -0.15) is 0 Å². The lowest BCUT2D eigenvalue weighted by Gasteiger charge is -2.30. The molecule has 2 aromatic carbocycles. The molecule has 1 N–H and O–H groups in total. The summed E-state index contributed by atoms with van der Waals surface area (Å²) in [5.41, 5.74) is 2.42. The highest BCUT2D eigenvalue weighted by Crippen LogP contribution is 2.26. The van der Waals surface area contributed by atoms with Crippen LogP contribution in [0.4, 0.5) is 0 Å². The highest BCUT2D eigenvalue weighted by atomic mass is 32.2. The molecule has 0 saturated carbocycles. The lowest BCUT2D eigenvalue weighted by atomic mass is 9.98. The van der Waals surface area contributed by atoms with E-state index in [2.05, 4.69) is 28.7 Å². The van der Waals surface area contributed by atoms with Crippen molar-refractivity contribution < 1.29 is 17.9 Å². The van der Waals surface area contributed by atoms with Gasteiger partial charge in [0.1, 0.15) is 5.75 Å². The van der Waals surface area contributed by atoms with Crippen LogP contribution in [0.2, 0.25) is 0 Å². The Kier molecular flexibility index (Phi) is 8.46. The Hall–Kier alpha value is -2.42. The van der Waals surface area contributed by atoms with Gasteiger partial charge in [0.25, 0.3) is 5.91 Å². The number of nitrogens with one attached hydrogen (secondary N) is 1. The van der Waals surface area contributed by atoms with Gasteiger partial charge in [0.05, 0.1) is 17.6 Å². The largest absolute Gasteiger partial charge is 0.496 e. The van der Waals surface area contributed by atoms with E-state index in [1.807, 2.05) is 12.1 Å². The fourth-order valence-corrected chi connectivity index (χ4v) is 5.85. The summed E-state index contributed by atoms with van der Waals surface area (Å²) in [7, 11) is -2.30. The Morgan fingerprint density at radius 3 is 2.29 bits per heavy atom. The molecule has 2 saturated heterocycles. The van der Waals surface area contributed by atoms with Crippen LogP contribution < -0.4 is 9.46 Å². The number of hydrogen-bond acceptors (Lipinski definition) is 5. The number of rotatable bonds is 8. The first-order chi connectivity index (χ1) is 16.9. The Morgan fingerprint density at radius 1 is 0.971 bits per heavy atom. The second-order valence-corrected chi connectivity index (χ2v) is 11.6. The molecule has 0 unspecified atom stereocenters. The minimum absolute atomic E-state index is 0.0637. The van der Waals surface area contributed by atoms with Crippen molar-refractivity contribution in [1.29, 1.82) is 0 Å². The van der Waals surface area contributed by atoms with Crippen molar-refractivity contribution in [2.45, 2.75) is 57.0 Å². The molecular weight excluding hydrogens is 462 g/mol. The number of carbonyl (C=O) groups excluding carboxylic acids is 1. The normalized spacial score (nSPS) is 17.9. The summed E-state index contributed by atoms with van der Waals surface area (Å²) in [6, 6.07) is 12.6. The minimum atomic E-state index is -3.80. The maximum absolute atomic E-state index is 13.1. The van der Waals surface area contributed by atoms with Crippen LogP contribution in [0.5, 0.6) is 5.75 Å². The second-order valence-electron chi connectivity index (χ2n) is 9.81. The van der Waals surface area contributed by atoms with Crippen molar-refractivity contribution in [1.82, 2.24) is 14.5 Å². The second kappa shape index (κ2) is 11.5. The molecule has 1 amide bonds. The molecule has 2 heterocycles. The molecule has 0 aliphatic carbocycles. The smallest absolute Gasteiger partial charge is 0.257 e. The number of nitrogens with zero attached hydrogens (tertiary/aromatic N) is 2. The van der Waals surface area contributed by atoms with Crippen molar-refractivity contribution in [2.24, 2.45) is 5.92 Å². The molecular formula is C27H37N3O4S. The minimum Gasteiger partial charge on any atom is -0.496 e. The first kappa shape index (κ1) is 25.7. The molecule has 190 valence electrons. The highest BCUT2D eigenvalue weighted by molar-refractivity contribution is 7.89. The maximum Gasteiger partial charge on any atom is 0.257 e. The molecule has 0 bridgehead atoms. The predicted octanol–water partition coefficient (Wildman–Crippen LogP) is 4.03. The Morgan fingerprint density at radius 2 is 1.63 bits per heavy atom. The third-order valence-corrected chi connectivity index (χ3v) is 8.53. The number of likely N-dealkylation sites (tertiary alicyclic amines) is 2.